The molecule has 3 heterocycles. The summed E-state index contributed by atoms with van der Waals surface area (Å²) in [5.41, 5.74) is 3.06. The van der Waals surface area contributed by atoms with Crippen molar-refractivity contribution in [3.8, 4) is 0 Å². The van der Waals surface area contributed by atoms with Gasteiger partial charge in [0.05, 0.1) is 6.42 Å². The molecule has 6 heteroatoms. The summed E-state index contributed by atoms with van der Waals surface area (Å²) in [6.45, 7) is 3.42. The van der Waals surface area contributed by atoms with E-state index in [0.29, 0.717) is 25.8 Å². The van der Waals surface area contributed by atoms with Gasteiger partial charge in [-0.2, -0.15) is 0 Å². The first-order valence-corrected chi connectivity index (χ1v) is 9.98. The van der Waals surface area contributed by atoms with Crippen LogP contribution in [0.2, 0.25) is 0 Å². The normalized spacial score (nSPS) is 19.5. The van der Waals surface area contributed by atoms with Crippen molar-refractivity contribution < 1.29 is 9.59 Å². The Morgan fingerprint density at radius 1 is 1.18 bits per heavy atom. The van der Waals surface area contributed by atoms with Crippen molar-refractivity contribution in [3.05, 3.63) is 53.0 Å². The smallest absolute Gasteiger partial charge is 0.228 e. The number of carbonyl (C=O) groups excluding carboxylic acids is 2. The number of amides is 2. The van der Waals surface area contributed by atoms with Crippen LogP contribution < -0.4 is 4.90 Å². The van der Waals surface area contributed by atoms with E-state index in [-0.39, 0.29) is 17.7 Å². The monoisotopic (exact) mass is 378 g/mol. The highest BCUT2D eigenvalue weighted by molar-refractivity contribution is 5.94. The van der Waals surface area contributed by atoms with Gasteiger partial charge >= 0.3 is 0 Å². The number of benzene rings is 1. The predicted molar refractivity (Wildman–Crippen MR) is 107 cm³/mol. The molecule has 2 aliphatic heterocycles. The molecule has 0 spiro atoms. The molecule has 2 aliphatic rings. The van der Waals surface area contributed by atoms with Gasteiger partial charge in [0.15, 0.2) is 0 Å². The molecule has 1 saturated heterocycles. The van der Waals surface area contributed by atoms with Crippen LogP contribution in [0.15, 0.2) is 30.3 Å². The Morgan fingerprint density at radius 3 is 2.75 bits per heavy atom. The third-order valence-electron chi connectivity index (χ3n) is 5.83. The zero-order valence-corrected chi connectivity index (χ0v) is 16.5. The number of carbonyl (C=O) groups is 2. The van der Waals surface area contributed by atoms with Gasteiger partial charge in [0.2, 0.25) is 11.8 Å². The summed E-state index contributed by atoms with van der Waals surface area (Å²) in [6, 6.07) is 9.86. The maximum Gasteiger partial charge on any atom is 0.228 e. The van der Waals surface area contributed by atoms with Crippen LogP contribution >= 0.6 is 0 Å². The first-order valence-electron chi connectivity index (χ1n) is 9.98. The van der Waals surface area contributed by atoms with Crippen LogP contribution in [0, 0.1) is 6.92 Å². The molecule has 146 valence electrons. The average molecular weight is 378 g/mol. The Labute approximate surface area is 165 Å². The Balaban J connectivity index is 1.53. The van der Waals surface area contributed by atoms with E-state index < -0.39 is 0 Å². The van der Waals surface area contributed by atoms with Crippen LogP contribution in [0.3, 0.4) is 0 Å². The van der Waals surface area contributed by atoms with Gasteiger partial charge in [-0.25, -0.2) is 9.97 Å². The topological polar surface area (TPSA) is 66.4 Å². The zero-order chi connectivity index (χ0) is 19.7. The number of aromatic nitrogens is 2. The van der Waals surface area contributed by atoms with Gasteiger partial charge in [0, 0.05) is 43.7 Å². The van der Waals surface area contributed by atoms with E-state index >= 15 is 0 Å². The third kappa shape index (κ3) is 3.63. The summed E-state index contributed by atoms with van der Waals surface area (Å²) in [4.78, 5) is 38.0. The van der Waals surface area contributed by atoms with Crippen LogP contribution in [0.5, 0.6) is 0 Å². The van der Waals surface area contributed by atoms with Gasteiger partial charge in [-0.15, -0.1) is 0 Å². The lowest BCUT2D eigenvalue weighted by molar-refractivity contribution is -0.131. The molecule has 1 aromatic carbocycles. The molecule has 1 unspecified atom stereocenters. The lowest BCUT2D eigenvalue weighted by atomic mass is 9.95. The van der Waals surface area contributed by atoms with Crippen LogP contribution in [0.1, 0.15) is 47.8 Å². The van der Waals surface area contributed by atoms with E-state index in [9.17, 15) is 9.59 Å². The lowest BCUT2D eigenvalue weighted by Gasteiger charge is -2.33. The van der Waals surface area contributed by atoms with Gasteiger partial charge in [0.1, 0.15) is 11.6 Å². The number of rotatable bonds is 3. The minimum Gasteiger partial charge on any atom is -0.342 e. The minimum atomic E-state index is 0.0971. The Kier molecular flexibility index (Phi) is 5.11. The molecule has 28 heavy (non-hydrogen) atoms. The first kappa shape index (κ1) is 18.6. The molecule has 0 saturated carbocycles. The summed E-state index contributed by atoms with van der Waals surface area (Å²) >= 11 is 0. The summed E-state index contributed by atoms with van der Waals surface area (Å²) < 4.78 is 0. The maximum absolute atomic E-state index is 12.8. The fourth-order valence-corrected chi connectivity index (χ4v) is 4.17. The van der Waals surface area contributed by atoms with Crippen molar-refractivity contribution in [2.45, 2.75) is 44.9 Å². The molecule has 1 atom stereocenters. The van der Waals surface area contributed by atoms with Gasteiger partial charge in [0.25, 0.3) is 0 Å². The van der Waals surface area contributed by atoms with Crippen molar-refractivity contribution in [1.29, 1.82) is 0 Å². The molecule has 2 aromatic rings. The molecule has 0 aliphatic carbocycles. The average Bonchev–Trinajstić information content (AvgIpc) is 2.71. The van der Waals surface area contributed by atoms with Crippen molar-refractivity contribution in [2.24, 2.45) is 0 Å². The van der Waals surface area contributed by atoms with Crippen LogP contribution in [0.25, 0.3) is 0 Å². The predicted octanol–water partition coefficient (Wildman–Crippen LogP) is 2.64. The Hall–Kier alpha value is -2.76. The van der Waals surface area contributed by atoms with Crippen LogP contribution in [-0.2, 0) is 22.4 Å². The van der Waals surface area contributed by atoms with E-state index in [1.165, 1.54) is 0 Å². The molecule has 0 N–H and O–H groups in total. The number of likely N-dealkylation sites (tertiary alicyclic amines) is 1. The molecular formula is C22H26N4O2. The SMILES string of the molecule is Cc1nc(C2CCCN(C(=O)Cc3ccccc3)C2)nc2c1CCC(=O)N2C. The number of fused-ring (bicyclic) bond motifs is 1. The van der Waals surface area contributed by atoms with Gasteiger partial charge in [-0.1, -0.05) is 30.3 Å². The van der Waals surface area contributed by atoms with E-state index in [1.807, 2.05) is 42.2 Å². The van der Waals surface area contributed by atoms with Gasteiger partial charge < -0.3 is 4.90 Å². The molecule has 4 rings (SSSR count). The van der Waals surface area contributed by atoms with Gasteiger partial charge in [-0.3, -0.25) is 14.5 Å². The number of piperidine rings is 1. The lowest BCUT2D eigenvalue weighted by Crippen LogP contribution is -2.40. The van der Waals surface area contributed by atoms with Crippen molar-refractivity contribution in [2.75, 3.05) is 25.0 Å². The molecule has 2 amide bonds. The number of anilines is 1. The number of nitrogens with zero attached hydrogens (tertiary/aromatic N) is 4. The fourth-order valence-electron chi connectivity index (χ4n) is 4.17. The van der Waals surface area contributed by atoms with Gasteiger partial charge in [-0.05, 0) is 31.7 Å². The Bertz CT molecular complexity index is 897. The van der Waals surface area contributed by atoms with Crippen molar-refractivity contribution in [1.82, 2.24) is 14.9 Å². The second kappa shape index (κ2) is 7.70. The second-order valence-electron chi connectivity index (χ2n) is 7.76. The molecular weight excluding hydrogens is 352 g/mol. The molecule has 6 nitrogen and oxygen atoms in total. The second-order valence-corrected chi connectivity index (χ2v) is 7.76. The standard InChI is InChI=1S/C22H26N4O2/c1-15-18-10-11-19(27)25(2)22(18)24-21(23-15)17-9-6-12-26(14-17)20(28)13-16-7-4-3-5-8-16/h3-5,7-8,17H,6,9-14H2,1-2H3. The summed E-state index contributed by atoms with van der Waals surface area (Å²) in [6.07, 6.45) is 3.55. The van der Waals surface area contributed by atoms with Crippen molar-refractivity contribution >= 4 is 17.6 Å². The highest BCUT2D eigenvalue weighted by Gasteiger charge is 2.30. The number of hydrogen-bond donors (Lipinski definition) is 0. The highest BCUT2D eigenvalue weighted by Crippen LogP contribution is 2.31. The van der Waals surface area contributed by atoms with Crippen molar-refractivity contribution in [3.63, 3.8) is 0 Å². The van der Waals surface area contributed by atoms with E-state index in [2.05, 4.69) is 0 Å². The molecule has 1 fully saturated rings. The van der Waals surface area contributed by atoms with Crippen LogP contribution in [0.4, 0.5) is 5.82 Å². The first-order chi connectivity index (χ1) is 13.5. The van der Waals surface area contributed by atoms with E-state index in [0.717, 1.165) is 47.8 Å². The molecule has 1 aromatic heterocycles. The largest absolute Gasteiger partial charge is 0.342 e. The number of hydrogen-bond acceptors (Lipinski definition) is 4. The molecule has 0 radical (unpaired) electrons. The highest BCUT2D eigenvalue weighted by atomic mass is 16.2. The summed E-state index contributed by atoms with van der Waals surface area (Å²) in [5, 5.41) is 0. The molecule has 0 bridgehead atoms. The quantitative estimate of drug-likeness (QED) is 0.824. The van der Waals surface area contributed by atoms with E-state index in [1.54, 1.807) is 11.9 Å². The minimum absolute atomic E-state index is 0.0971. The number of aryl methyl sites for hydroxylation is 1. The Morgan fingerprint density at radius 2 is 1.96 bits per heavy atom. The zero-order valence-electron chi connectivity index (χ0n) is 16.5. The summed E-state index contributed by atoms with van der Waals surface area (Å²) in [5.74, 6) is 1.86. The fraction of sp³-hybridized carbons (Fsp3) is 0.455. The third-order valence-corrected chi connectivity index (χ3v) is 5.83. The summed E-state index contributed by atoms with van der Waals surface area (Å²) in [7, 11) is 1.78. The van der Waals surface area contributed by atoms with Crippen LogP contribution in [-0.4, -0.2) is 46.8 Å². The van der Waals surface area contributed by atoms with E-state index in [4.69, 9.17) is 9.97 Å². The maximum atomic E-state index is 12.8.